The Kier molecular flexibility index (Phi) is 11.2. The van der Waals surface area contributed by atoms with Crippen molar-refractivity contribution in [3.8, 4) is 11.1 Å². The van der Waals surface area contributed by atoms with Gasteiger partial charge in [-0.05, 0) is 38.2 Å². The van der Waals surface area contributed by atoms with Crippen molar-refractivity contribution in [1.82, 2.24) is 10.2 Å². The molecule has 3 aromatic carbocycles. The van der Waals surface area contributed by atoms with E-state index in [0.717, 1.165) is 75.3 Å². The van der Waals surface area contributed by atoms with Gasteiger partial charge in [0.1, 0.15) is 5.58 Å². The van der Waals surface area contributed by atoms with Crippen molar-refractivity contribution >= 4 is 38.6 Å². The van der Waals surface area contributed by atoms with Gasteiger partial charge in [0.25, 0.3) is 0 Å². The van der Waals surface area contributed by atoms with Crippen molar-refractivity contribution in [3.05, 3.63) is 84.3 Å². The van der Waals surface area contributed by atoms with Crippen LogP contribution in [0.4, 0.5) is 0 Å². The minimum absolute atomic E-state index is 0. The third-order valence-electron chi connectivity index (χ3n) is 7.45. The van der Waals surface area contributed by atoms with Gasteiger partial charge in [-0.25, -0.2) is 0 Å². The van der Waals surface area contributed by atoms with E-state index in [1.54, 1.807) is 0 Å². The number of aryl methyl sites for hydroxylation is 1. The quantitative estimate of drug-likeness (QED) is 0.0987. The van der Waals surface area contributed by atoms with Crippen LogP contribution >= 0.6 is 0 Å². The summed E-state index contributed by atoms with van der Waals surface area (Å²) in [6.07, 6.45) is 4.91. The number of carbonyl (C=O) groups is 1. The van der Waals surface area contributed by atoms with Gasteiger partial charge in [0.05, 0.1) is 22.6 Å². The fourth-order valence-electron chi connectivity index (χ4n) is 5.00. The first-order valence-corrected chi connectivity index (χ1v) is 13.9. The third-order valence-corrected chi connectivity index (χ3v) is 7.45. The maximum atomic E-state index is 11.7. The monoisotopic (exact) mass is 714 g/mol. The van der Waals surface area contributed by atoms with Crippen LogP contribution in [-0.2, 0) is 24.9 Å². The Morgan fingerprint density at radius 2 is 1.55 bits per heavy atom. The molecule has 0 saturated carbocycles. The van der Waals surface area contributed by atoms with Gasteiger partial charge in [0, 0.05) is 43.6 Å². The molecule has 0 unspecified atom stereocenters. The van der Waals surface area contributed by atoms with Gasteiger partial charge in [0.2, 0.25) is 0 Å². The molecule has 0 aliphatic carbocycles. The number of fused-ring (bicyclic) bond motifs is 4. The summed E-state index contributed by atoms with van der Waals surface area (Å²) in [7, 11) is 0. The summed E-state index contributed by atoms with van der Waals surface area (Å²) in [6, 6.07) is 23.8. The molecule has 40 heavy (non-hydrogen) atoms. The number of hydrogen-bond acceptors (Lipinski definition) is 5. The molecule has 211 valence electrons. The second-order valence-electron chi connectivity index (χ2n) is 9.90. The van der Waals surface area contributed by atoms with Crippen molar-refractivity contribution in [2.45, 2.75) is 60.3 Å². The van der Waals surface area contributed by atoms with Crippen LogP contribution in [-0.4, -0.2) is 21.1 Å². The SMILES string of the molecule is CCC(CC)C(=O)/C=C(\O)C(CC)CC.Cc1nnc2c(oc3cc4ccccc4[c-]c32)c1-c1ccccc1.[Ir]. The number of aliphatic hydroxyl groups is 1. The molecule has 0 aliphatic heterocycles. The Morgan fingerprint density at radius 3 is 2.20 bits per heavy atom. The van der Waals surface area contributed by atoms with Crippen LogP contribution in [0, 0.1) is 24.8 Å². The number of benzene rings is 3. The van der Waals surface area contributed by atoms with Crippen LogP contribution in [0.1, 0.15) is 59.1 Å². The van der Waals surface area contributed by atoms with Crippen molar-refractivity contribution in [1.29, 1.82) is 0 Å². The normalized spacial score (nSPS) is 11.6. The van der Waals surface area contributed by atoms with Crippen molar-refractivity contribution in [2.75, 3.05) is 0 Å². The van der Waals surface area contributed by atoms with Gasteiger partial charge >= 0.3 is 0 Å². The maximum Gasteiger partial charge on any atom is 0.162 e. The summed E-state index contributed by atoms with van der Waals surface area (Å²) in [5.41, 5.74) is 5.27. The standard InChI is InChI=1S/C21H13N2O.C13H24O2.Ir/c1-13-19(14-7-3-2-4-8-14)21-20(23-22-13)17-11-15-9-5-6-10-16(15)12-18(17)24-21;1-5-10(6-2)12(14)9-13(15)11(7-3)8-4;/h2-10,12H,1H3;9-11,14H,5-8H2,1-4H3;/q-1;;/b;12-9-;. The van der Waals surface area contributed by atoms with Crippen LogP contribution in [0.15, 0.2) is 76.9 Å². The van der Waals surface area contributed by atoms with Crippen molar-refractivity contribution < 1.29 is 34.4 Å². The van der Waals surface area contributed by atoms with Gasteiger partial charge in [-0.2, -0.15) is 10.2 Å². The van der Waals surface area contributed by atoms with Crippen molar-refractivity contribution in [2.24, 2.45) is 11.8 Å². The average molecular weight is 714 g/mol. The number of nitrogens with zero attached hydrogens (tertiary/aromatic N) is 2. The Hall–Kier alpha value is -3.34. The second-order valence-corrected chi connectivity index (χ2v) is 9.90. The fourth-order valence-corrected chi connectivity index (χ4v) is 5.00. The predicted octanol–water partition coefficient (Wildman–Crippen LogP) is 9.17. The molecule has 2 heterocycles. The third kappa shape index (κ3) is 6.68. The number of ketones is 1. The van der Waals surface area contributed by atoms with Crippen LogP contribution in [0.2, 0.25) is 0 Å². The molecule has 0 saturated heterocycles. The molecule has 0 spiro atoms. The first-order chi connectivity index (χ1) is 18.9. The van der Waals surface area contributed by atoms with Crippen molar-refractivity contribution in [3.63, 3.8) is 0 Å². The number of aromatic nitrogens is 2. The largest absolute Gasteiger partial charge is 0.512 e. The Labute approximate surface area is 250 Å². The molecule has 5 rings (SSSR count). The zero-order valence-electron chi connectivity index (χ0n) is 23.8. The second kappa shape index (κ2) is 14.3. The molecule has 6 heteroatoms. The molecular formula is C34H37IrN2O3-. The van der Waals surface area contributed by atoms with E-state index in [9.17, 15) is 9.90 Å². The molecule has 0 bridgehead atoms. The van der Waals surface area contributed by atoms with Gasteiger partial charge in [-0.1, -0.05) is 93.1 Å². The number of furan rings is 1. The number of carbonyl (C=O) groups excluding carboxylic acids is 1. The first kappa shape index (κ1) is 31.2. The fraction of sp³-hybridized carbons (Fsp3) is 0.324. The van der Waals surface area contributed by atoms with Crippen LogP contribution < -0.4 is 0 Å². The zero-order valence-corrected chi connectivity index (χ0v) is 26.2. The van der Waals surface area contributed by atoms with Gasteiger partial charge in [-0.3, -0.25) is 4.79 Å². The maximum absolute atomic E-state index is 11.7. The van der Waals surface area contributed by atoms with E-state index in [4.69, 9.17) is 4.42 Å². The van der Waals surface area contributed by atoms with Gasteiger partial charge < -0.3 is 9.52 Å². The smallest absolute Gasteiger partial charge is 0.162 e. The summed E-state index contributed by atoms with van der Waals surface area (Å²) in [4.78, 5) is 11.7. The molecule has 0 fully saturated rings. The number of rotatable bonds is 8. The van der Waals surface area contributed by atoms with Gasteiger partial charge in [0.15, 0.2) is 5.78 Å². The minimum Gasteiger partial charge on any atom is -0.512 e. The summed E-state index contributed by atoms with van der Waals surface area (Å²) in [5, 5.41) is 21.5. The average Bonchev–Trinajstić information content (AvgIpc) is 3.31. The Balaban J connectivity index is 0.000000243. The minimum atomic E-state index is 0. The van der Waals surface area contributed by atoms with E-state index in [-0.39, 0.29) is 43.5 Å². The summed E-state index contributed by atoms with van der Waals surface area (Å²) < 4.78 is 6.19. The van der Waals surface area contributed by atoms with E-state index >= 15 is 0 Å². The predicted molar refractivity (Wildman–Crippen MR) is 160 cm³/mol. The molecule has 5 nitrogen and oxygen atoms in total. The van der Waals surface area contributed by atoms with E-state index in [1.165, 1.54) is 6.08 Å². The Bertz CT molecular complexity index is 1600. The Morgan fingerprint density at radius 1 is 0.925 bits per heavy atom. The van der Waals surface area contributed by atoms with E-state index in [2.05, 4.69) is 34.5 Å². The molecule has 0 aliphatic rings. The van der Waals surface area contributed by atoms with E-state index in [0.29, 0.717) is 0 Å². The molecule has 0 amide bonds. The molecule has 0 atom stereocenters. The van der Waals surface area contributed by atoms with Crippen LogP contribution in [0.5, 0.6) is 0 Å². The van der Waals surface area contributed by atoms with E-state index < -0.39 is 0 Å². The zero-order chi connectivity index (χ0) is 27.9. The molecule has 1 radical (unpaired) electrons. The summed E-state index contributed by atoms with van der Waals surface area (Å²) in [6.45, 7) is 10.0. The molecule has 1 N–H and O–H groups in total. The molecule has 5 aromatic rings. The first-order valence-electron chi connectivity index (χ1n) is 13.9. The number of aliphatic hydroxyl groups excluding tert-OH is 1. The van der Waals surface area contributed by atoms with Crippen LogP contribution in [0.3, 0.4) is 0 Å². The topological polar surface area (TPSA) is 76.2 Å². The number of allylic oxidation sites excluding steroid dienone is 2. The van der Waals surface area contributed by atoms with E-state index in [1.807, 2.05) is 77.1 Å². The molecule has 2 aromatic heterocycles. The molecular weight excluding hydrogens is 677 g/mol. The van der Waals surface area contributed by atoms with Gasteiger partial charge in [-0.15, -0.1) is 17.5 Å². The van der Waals surface area contributed by atoms with Crippen LogP contribution in [0.25, 0.3) is 44.0 Å². The number of hydrogen-bond donors (Lipinski definition) is 1. The summed E-state index contributed by atoms with van der Waals surface area (Å²) >= 11 is 0. The summed E-state index contributed by atoms with van der Waals surface area (Å²) in [5.74, 6) is 0.547.